The van der Waals surface area contributed by atoms with Crippen molar-refractivity contribution in [2.75, 3.05) is 13.7 Å². The van der Waals surface area contributed by atoms with Crippen molar-refractivity contribution >= 4 is 22.8 Å². The molecule has 0 spiro atoms. The van der Waals surface area contributed by atoms with Gasteiger partial charge in [0.2, 0.25) is 0 Å². The first-order valence-electron chi connectivity index (χ1n) is 8.30. The summed E-state index contributed by atoms with van der Waals surface area (Å²) < 4.78 is 9.99. The zero-order valence-corrected chi connectivity index (χ0v) is 14.9. The smallest absolute Gasteiger partial charge is 0.349 e. The van der Waals surface area contributed by atoms with E-state index in [4.69, 9.17) is 9.15 Å². The number of carbonyl (C=O) groups is 2. The van der Waals surface area contributed by atoms with Gasteiger partial charge < -0.3 is 14.1 Å². The first-order chi connectivity index (χ1) is 11.9. The van der Waals surface area contributed by atoms with Crippen LogP contribution < -0.4 is 5.63 Å². The maximum absolute atomic E-state index is 13.0. The number of benzene rings is 1. The number of fused-ring (bicyclic) bond motifs is 1. The molecule has 6 heteroatoms. The van der Waals surface area contributed by atoms with Crippen LogP contribution in [-0.4, -0.2) is 36.5 Å². The number of methoxy groups -OCH3 is 1. The number of hydrogen-bond donors (Lipinski definition) is 0. The van der Waals surface area contributed by atoms with Crippen LogP contribution >= 0.6 is 0 Å². The van der Waals surface area contributed by atoms with Gasteiger partial charge in [-0.25, -0.2) is 4.79 Å². The zero-order chi connectivity index (χ0) is 18.6. The molecule has 2 atom stereocenters. The highest BCUT2D eigenvalue weighted by atomic mass is 16.5. The monoisotopic (exact) mass is 345 g/mol. The Hall–Kier alpha value is -2.63. The van der Waals surface area contributed by atoms with E-state index in [0.29, 0.717) is 17.4 Å². The number of rotatable bonds is 6. The molecule has 0 aliphatic heterocycles. The molecule has 134 valence electrons. The second-order valence-corrected chi connectivity index (χ2v) is 6.12. The van der Waals surface area contributed by atoms with Crippen molar-refractivity contribution in [3.05, 3.63) is 46.3 Å². The van der Waals surface area contributed by atoms with Crippen LogP contribution in [0, 0.1) is 5.92 Å². The number of carbonyl (C=O) groups excluding carboxylic acids is 2. The average molecular weight is 345 g/mol. The molecule has 6 nitrogen and oxygen atoms in total. The molecule has 25 heavy (non-hydrogen) atoms. The summed E-state index contributed by atoms with van der Waals surface area (Å²) in [7, 11) is 1.31. The Balaban J connectivity index is 2.40. The highest BCUT2D eigenvalue weighted by Gasteiger charge is 2.28. The van der Waals surface area contributed by atoms with Crippen molar-refractivity contribution in [3.8, 4) is 0 Å². The van der Waals surface area contributed by atoms with Crippen molar-refractivity contribution in [1.82, 2.24) is 4.90 Å². The molecule has 0 saturated carbocycles. The Kier molecular flexibility index (Phi) is 5.96. The lowest BCUT2D eigenvalue weighted by Gasteiger charge is -2.30. The highest BCUT2D eigenvalue weighted by molar-refractivity contribution is 5.97. The van der Waals surface area contributed by atoms with Gasteiger partial charge in [-0.3, -0.25) is 9.59 Å². The molecule has 1 amide bonds. The summed E-state index contributed by atoms with van der Waals surface area (Å²) in [5.74, 6) is -1.33. The molecule has 2 rings (SSSR count). The third kappa shape index (κ3) is 4.07. The number of nitrogens with zero attached hydrogens (tertiary/aromatic N) is 1. The van der Waals surface area contributed by atoms with E-state index in [0.717, 1.165) is 0 Å². The van der Waals surface area contributed by atoms with Crippen molar-refractivity contribution in [1.29, 1.82) is 0 Å². The van der Waals surface area contributed by atoms with Gasteiger partial charge in [0.25, 0.3) is 5.91 Å². The van der Waals surface area contributed by atoms with Crippen LogP contribution in [0.25, 0.3) is 11.0 Å². The molecular formula is C19H23NO5. The van der Waals surface area contributed by atoms with E-state index < -0.39 is 23.4 Å². The first-order valence-corrected chi connectivity index (χ1v) is 8.30. The SMILES string of the molecule is CCC(C)N(CC(C)C(=O)OC)C(=O)c1cc2ccccc2oc1=O. The predicted molar refractivity (Wildman–Crippen MR) is 94.5 cm³/mol. The summed E-state index contributed by atoms with van der Waals surface area (Å²) >= 11 is 0. The van der Waals surface area contributed by atoms with Crippen LogP contribution in [0.15, 0.2) is 39.5 Å². The van der Waals surface area contributed by atoms with Crippen LogP contribution in [0.2, 0.25) is 0 Å². The summed E-state index contributed by atoms with van der Waals surface area (Å²) in [6, 6.07) is 8.43. The molecule has 0 aliphatic carbocycles. The second-order valence-electron chi connectivity index (χ2n) is 6.12. The van der Waals surface area contributed by atoms with Crippen LogP contribution in [0.4, 0.5) is 0 Å². The van der Waals surface area contributed by atoms with E-state index in [1.807, 2.05) is 19.9 Å². The second kappa shape index (κ2) is 7.96. The summed E-state index contributed by atoms with van der Waals surface area (Å²) in [4.78, 5) is 38.5. The van der Waals surface area contributed by atoms with Crippen LogP contribution in [0.5, 0.6) is 0 Å². The minimum absolute atomic E-state index is 0.0314. The van der Waals surface area contributed by atoms with Crippen LogP contribution in [0.3, 0.4) is 0 Å². The third-order valence-corrected chi connectivity index (χ3v) is 4.33. The minimum Gasteiger partial charge on any atom is -0.469 e. The lowest BCUT2D eigenvalue weighted by atomic mass is 10.1. The fourth-order valence-electron chi connectivity index (χ4n) is 2.62. The van der Waals surface area contributed by atoms with E-state index in [9.17, 15) is 14.4 Å². The number of hydrogen-bond acceptors (Lipinski definition) is 5. The standard InChI is InChI=1S/C19H23NO5/c1-5-13(3)20(11-12(2)18(22)24-4)17(21)15-10-14-8-6-7-9-16(14)25-19(15)23/h6-10,12-13H,5,11H2,1-4H3. The van der Waals surface area contributed by atoms with Gasteiger partial charge in [-0.2, -0.15) is 0 Å². The predicted octanol–water partition coefficient (Wildman–Crippen LogP) is 2.84. The maximum atomic E-state index is 13.0. The number of para-hydroxylation sites is 1. The summed E-state index contributed by atoms with van der Waals surface area (Å²) in [6.07, 6.45) is 0.693. The van der Waals surface area contributed by atoms with Crippen molar-refractivity contribution in [3.63, 3.8) is 0 Å². The lowest BCUT2D eigenvalue weighted by molar-refractivity contribution is -0.145. The Labute approximate surface area is 146 Å². The first kappa shape index (κ1) is 18.7. The number of amides is 1. The summed E-state index contributed by atoms with van der Waals surface area (Å²) in [5, 5.41) is 0.676. The van der Waals surface area contributed by atoms with E-state index in [2.05, 4.69) is 0 Å². The molecule has 1 aromatic heterocycles. The number of ether oxygens (including phenoxy) is 1. The van der Waals surface area contributed by atoms with Gasteiger partial charge in [-0.1, -0.05) is 32.0 Å². The molecule has 0 saturated heterocycles. The molecule has 1 heterocycles. The fourth-order valence-corrected chi connectivity index (χ4v) is 2.62. The third-order valence-electron chi connectivity index (χ3n) is 4.33. The van der Waals surface area contributed by atoms with E-state index >= 15 is 0 Å². The molecule has 0 bridgehead atoms. The molecule has 0 N–H and O–H groups in total. The van der Waals surface area contributed by atoms with Gasteiger partial charge in [0.15, 0.2) is 0 Å². The van der Waals surface area contributed by atoms with Crippen molar-refractivity contribution < 1.29 is 18.7 Å². The number of esters is 1. The topological polar surface area (TPSA) is 76.8 Å². The van der Waals surface area contributed by atoms with Gasteiger partial charge in [-0.05, 0) is 25.5 Å². The molecular weight excluding hydrogens is 322 g/mol. The van der Waals surface area contributed by atoms with E-state index in [1.54, 1.807) is 31.2 Å². The van der Waals surface area contributed by atoms with Gasteiger partial charge in [0, 0.05) is 18.0 Å². The molecule has 2 unspecified atom stereocenters. The maximum Gasteiger partial charge on any atom is 0.349 e. The van der Waals surface area contributed by atoms with Gasteiger partial charge in [-0.15, -0.1) is 0 Å². The fraction of sp³-hybridized carbons (Fsp3) is 0.421. The molecule has 1 aromatic carbocycles. The molecule has 2 aromatic rings. The molecule has 0 aliphatic rings. The van der Waals surface area contributed by atoms with Gasteiger partial charge >= 0.3 is 11.6 Å². The lowest BCUT2D eigenvalue weighted by Crippen LogP contribution is -2.44. The Morgan fingerprint density at radius 1 is 1.24 bits per heavy atom. The van der Waals surface area contributed by atoms with E-state index in [1.165, 1.54) is 12.0 Å². The largest absolute Gasteiger partial charge is 0.469 e. The minimum atomic E-state index is -0.678. The average Bonchev–Trinajstić information content (AvgIpc) is 2.63. The van der Waals surface area contributed by atoms with Crippen molar-refractivity contribution in [2.45, 2.75) is 33.2 Å². The molecule has 0 radical (unpaired) electrons. The van der Waals surface area contributed by atoms with Crippen LogP contribution in [0.1, 0.15) is 37.6 Å². The quantitative estimate of drug-likeness (QED) is 0.594. The normalized spacial score (nSPS) is 13.3. The zero-order valence-electron chi connectivity index (χ0n) is 14.9. The van der Waals surface area contributed by atoms with E-state index in [-0.39, 0.29) is 18.2 Å². The Bertz CT molecular complexity index is 826. The van der Waals surface area contributed by atoms with Crippen LogP contribution in [-0.2, 0) is 9.53 Å². The summed E-state index contributed by atoms with van der Waals surface area (Å²) in [6.45, 7) is 5.69. The Morgan fingerprint density at radius 2 is 1.92 bits per heavy atom. The van der Waals surface area contributed by atoms with Gasteiger partial charge in [0.1, 0.15) is 11.1 Å². The summed E-state index contributed by atoms with van der Waals surface area (Å²) in [5.41, 5.74) is -0.277. The highest BCUT2D eigenvalue weighted by Crippen LogP contribution is 2.17. The van der Waals surface area contributed by atoms with Crippen molar-refractivity contribution in [2.24, 2.45) is 5.92 Å². The molecule has 0 fully saturated rings. The Morgan fingerprint density at radius 3 is 2.56 bits per heavy atom. The van der Waals surface area contributed by atoms with Gasteiger partial charge in [0.05, 0.1) is 13.0 Å².